The van der Waals surface area contributed by atoms with Crippen molar-refractivity contribution < 1.29 is 9.53 Å². The van der Waals surface area contributed by atoms with Gasteiger partial charge in [-0.15, -0.1) is 0 Å². The van der Waals surface area contributed by atoms with Crippen LogP contribution in [0, 0.1) is 0 Å². The number of ether oxygens (including phenoxy) is 1. The van der Waals surface area contributed by atoms with Crippen LogP contribution in [0.3, 0.4) is 0 Å². The van der Waals surface area contributed by atoms with E-state index in [2.05, 4.69) is 35.1 Å². The molecule has 5 rings (SSSR count). The normalized spacial score (nSPS) is 16.3. The molecule has 1 saturated heterocycles. The van der Waals surface area contributed by atoms with Gasteiger partial charge in [-0.2, -0.15) is 0 Å². The van der Waals surface area contributed by atoms with Crippen molar-refractivity contribution in [1.29, 1.82) is 0 Å². The van der Waals surface area contributed by atoms with Gasteiger partial charge in [0.15, 0.2) is 11.5 Å². The van der Waals surface area contributed by atoms with E-state index in [1.807, 2.05) is 24.3 Å². The van der Waals surface area contributed by atoms with E-state index in [0.717, 1.165) is 41.6 Å². The molecule has 1 aliphatic rings. The molecule has 3 aromatic heterocycles. The zero-order valence-electron chi connectivity index (χ0n) is 16.5. The molecule has 1 aromatic carbocycles. The van der Waals surface area contributed by atoms with Crippen LogP contribution in [0.15, 0.2) is 43.0 Å². The first-order chi connectivity index (χ1) is 14.7. The Bertz CT molecular complexity index is 1220. The second-order valence-electron chi connectivity index (χ2n) is 7.20. The quantitative estimate of drug-likeness (QED) is 0.526. The van der Waals surface area contributed by atoms with Crippen molar-refractivity contribution >= 4 is 33.8 Å². The number of carbonyl (C=O) groups is 1. The van der Waals surface area contributed by atoms with Gasteiger partial charge in [0.1, 0.15) is 29.9 Å². The third kappa shape index (κ3) is 3.18. The summed E-state index contributed by atoms with van der Waals surface area (Å²) in [6, 6.07) is 9.53. The van der Waals surface area contributed by atoms with Crippen molar-refractivity contribution in [3.8, 4) is 5.75 Å². The maximum Gasteiger partial charge on any atom is 0.269 e. The molecule has 152 valence electrons. The van der Waals surface area contributed by atoms with Gasteiger partial charge in [0.2, 0.25) is 0 Å². The Labute approximate surface area is 172 Å². The fourth-order valence-corrected chi connectivity index (χ4v) is 3.95. The van der Waals surface area contributed by atoms with Gasteiger partial charge in [0.05, 0.1) is 17.9 Å². The fourth-order valence-electron chi connectivity index (χ4n) is 3.95. The molecule has 1 atom stereocenters. The molecule has 0 spiro atoms. The second kappa shape index (κ2) is 7.58. The number of carbonyl (C=O) groups excluding carboxylic acids is 1. The maximum atomic E-state index is 12.1. The number of aromatic amines is 1. The van der Waals surface area contributed by atoms with Gasteiger partial charge < -0.3 is 19.9 Å². The standard InChI is InChI=1S/C21H21N7O2/c1-22-21(29)16-9-17(14-6-2-3-7-15(14)27-16)30-10-13-5-4-8-28(13)20-18-19(24-11-23-18)25-12-26-20/h2-3,6-7,9,11-13H,4-5,8,10H2,1H3,(H,22,29)(H,23,24,25,26)/t13-/m1/s1. The van der Waals surface area contributed by atoms with E-state index < -0.39 is 0 Å². The number of nitrogens with one attached hydrogen (secondary N) is 2. The molecule has 0 saturated carbocycles. The summed E-state index contributed by atoms with van der Waals surface area (Å²) in [5.41, 5.74) is 2.55. The van der Waals surface area contributed by atoms with Crippen LogP contribution in [0.5, 0.6) is 5.75 Å². The molecule has 1 fully saturated rings. The monoisotopic (exact) mass is 403 g/mol. The third-order valence-corrected chi connectivity index (χ3v) is 5.42. The number of aromatic nitrogens is 5. The number of para-hydroxylation sites is 1. The van der Waals surface area contributed by atoms with Crippen molar-refractivity contribution in [3.05, 3.63) is 48.7 Å². The third-order valence-electron chi connectivity index (χ3n) is 5.42. The van der Waals surface area contributed by atoms with E-state index in [4.69, 9.17) is 4.74 Å². The molecular weight excluding hydrogens is 382 g/mol. The van der Waals surface area contributed by atoms with Crippen LogP contribution in [-0.4, -0.2) is 57.1 Å². The Morgan fingerprint density at radius 1 is 1.30 bits per heavy atom. The highest BCUT2D eigenvalue weighted by Gasteiger charge is 2.28. The van der Waals surface area contributed by atoms with Gasteiger partial charge in [-0.25, -0.2) is 19.9 Å². The minimum Gasteiger partial charge on any atom is -0.491 e. The molecule has 2 N–H and O–H groups in total. The van der Waals surface area contributed by atoms with E-state index in [9.17, 15) is 4.79 Å². The first kappa shape index (κ1) is 18.3. The topological polar surface area (TPSA) is 109 Å². The molecule has 0 unspecified atom stereocenters. The molecular formula is C21H21N7O2. The number of pyridine rings is 1. The summed E-state index contributed by atoms with van der Waals surface area (Å²) >= 11 is 0. The Kier molecular flexibility index (Phi) is 4.62. The Morgan fingerprint density at radius 2 is 2.20 bits per heavy atom. The molecule has 4 heterocycles. The fraction of sp³-hybridized carbons (Fsp3) is 0.286. The van der Waals surface area contributed by atoms with Crippen LogP contribution >= 0.6 is 0 Å². The van der Waals surface area contributed by atoms with Crippen LogP contribution in [0.2, 0.25) is 0 Å². The molecule has 9 heteroatoms. The average molecular weight is 403 g/mol. The number of nitrogens with zero attached hydrogens (tertiary/aromatic N) is 5. The van der Waals surface area contributed by atoms with Gasteiger partial charge in [-0.3, -0.25) is 4.79 Å². The maximum absolute atomic E-state index is 12.1. The van der Waals surface area contributed by atoms with E-state index in [1.54, 1.807) is 25.8 Å². The molecule has 0 bridgehead atoms. The van der Waals surface area contributed by atoms with E-state index in [0.29, 0.717) is 23.7 Å². The molecule has 1 amide bonds. The Hall–Kier alpha value is -3.75. The number of imidazole rings is 1. The molecule has 1 aliphatic heterocycles. The van der Waals surface area contributed by atoms with Crippen molar-refractivity contribution in [2.45, 2.75) is 18.9 Å². The molecule has 0 radical (unpaired) electrons. The zero-order chi connectivity index (χ0) is 20.5. The smallest absolute Gasteiger partial charge is 0.269 e. The van der Waals surface area contributed by atoms with Crippen molar-refractivity contribution in [2.75, 3.05) is 25.1 Å². The predicted octanol–water partition coefficient (Wildman–Crippen LogP) is 2.31. The number of rotatable bonds is 5. The summed E-state index contributed by atoms with van der Waals surface area (Å²) < 4.78 is 6.25. The first-order valence-electron chi connectivity index (χ1n) is 9.90. The van der Waals surface area contributed by atoms with Gasteiger partial charge in [0.25, 0.3) is 5.91 Å². The van der Waals surface area contributed by atoms with E-state index >= 15 is 0 Å². The molecule has 9 nitrogen and oxygen atoms in total. The van der Waals surface area contributed by atoms with Gasteiger partial charge in [-0.05, 0) is 25.0 Å². The summed E-state index contributed by atoms with van der Waals surface area (Å²) in [6.45, 7) is 1.36. The highest BCUT2D eigenvalue weighted by molar-refractivity contribution is 5.96. The number of fused-ring (bicyclic) bond motifs is 2. The lowest BCUT2D eigenvalue weighted by molar-refractivity contribution is 0.0958. The lowest BCUT2D eigenvalue weighted by Crippen LogP contribution is -2.35. The summed E-state index contributed by atoms with van der Waals surface area (Å²) in [6.07, 6.45) is 5.22. The van der Waals surface area contributed by atoms with Crippen LogP contribution in [-0.2, 0) is 0 Å². The summed E-state index contributed by atoms with van der Waals surface area (Å²) in [7, 11) is 1.59. The van der Waals surface area contributed by atoms with Gasteiger partial charge in [-0.1, -0.05) is 12.1 Å². The largest absolute Gasteiger partial charge is 0.491 e. The highest BCUT2D eigenvalue weighted by atomic mass is 16.5. The summed E-state index contributed by atoms with van der Waals surface area (Å²) in [5, 5.41) is 3.51. The van der Waals surface area contributed by atoms with Crippen molar-refractivity contribution in [2.24, 2.45) is 0 Å². The minimum absolute atomic E-state index is 0.154. The number of hydrogen-bond donors (Lipinski definition) is 2. The number of amides is 1. The first-order valence-corrected chi connectivity index (χ1v) is 9.90. The number of hydrogen-bond acceptors (Lipinski definition) is 7. The molecule has 0 aliphatic carbocycles. The van der Waals surface area contributed by atoms with Crippen LogP contribution in [0.25, 0.3) is 22.1 Å². The number of benzene rings is 1. The highest BCUT2D eigenvalue weighted by Crippen LogP contribution is 2.30. The Morgan fingerprint density at radius 3 is 3.10 bits per heavy atom. The summed E-state index contributed by atoms with van der Waals surface area (Å²) in [4.78, 5) is 34.9. The lowest BCUT2D eigenvalue weighted by atomic mass is 10.1. The minimum atomic E-state index is -0.240. The van der Waals surface area contributed by atoms with Crippen LogP contribution < -0.4 is 15.0 Å². The number of H-pyrrole nitrogens is 1. The number of anilines is 1. The predicted molar refractivity (Wildman–Crippen MR) is 113 cm³/mol. The summed E-state index contributed by atoms with van der Waals surface area (Å²) in [5.74, 6) is 1.25. The molecule has 30 heavy (non-hydrogen) atoms. The lowest BCUT2D eigenvalue weighted by Gasteiger charge is -2.26. The Balaban J connectivity index is 1.43. The average Bonchev–Trinajstić information content (AvgIpc) is 3.45. The van der Waals surface area contributed by atoms with E-state index in [1.165, 1.54) is 0 Å². The van der Waals surface area contributed by atoms with Crippen molar-refractivity contribution in [1.82, 2.24) is 30.2 Å². The SMILES string of the molecule is CNC(=O)c1cc(OC[C@H]2CCCN2c2ncnc3nc[nH]c23)c2ccccc2n1. The zero-order valence-corrected chi connectivity index (χ0v) is 16.5. The van der Waals surface area contributed by atoms with E-state index in [-0.39, 0.29) is 11.9 Å². The molecule has 4 aromatic rings. The van der Waals surface area contributed by atoms with Crippen LogP contribution in [0.4, 0.5) is 5.82 Å². The van der Waals surface area contributed by atoms with Gasteiger partial charge in [0, 0.05) is 25.0 Å². The van der Waals surface area contributed by atoms with Crippen LogP contribution in [0.1, 0.15) is 23.3 Å². The van der Waals surface area contributed by atoms with Gasteiger partial charge >= 0.3 is 0 Å². The van der Waals surface area contributed by atoms with Crippen molar-refractivity contribution in [3.63, 3.8) is 0 Å². The second-order valence-corrected chi connectivity index (χ2v) is 7.20.